The summed E-state index contributed by atoms with van der Waals surface area (Å²) in [4.78, 5) is 16.2. The summed E-state index contributed by atoms with van der Waals surface area (Å²) in [6, 6.07) is 0.0127. The molecule has 0 saturated carbocycles. The van der Waals surface area contributed by atoms with E-state index in [1.807, 2.05) is 16.8 Å². The summed E-state index contributed by atoms with van der Waals surface area (Å²) < 4.78 is 23.0. The summed E-state index contributed by atoms with van der Waals surface area (Å²) >= 11 is 0. The predicted octanol–water partition coefficient (Wildman–Crippen LogP) is 0.898. The first-order valence-electron chi connectivity index (χ1n) is 7.66. The van der Waals surface area contributed by atoms with Crippen molar-refractivity contribution in [3.05, 3.63) is 0 Å². The highest BCUT2D eigenvalue weighted by atomic mass is 32.2. The number of hydrogen-bond acceptors (Lipinski definition) is 4. The molecule has 0 bridgehead atoms. The molecule has 2 aliphatic heterocycles. The zero-order chi connectivity index (χ0) is 14.6. The van der Waals surface area contributed by atoms with Gasteiger partial charge in [-0.05, 0) is 26.3 Å². The first-order valence-corrected chi connectivity index (χ1v) is 9.48. The van der Waals surface area contributed by atoms with Gasteiger partial charge in [-0.25, -0.2) is 8.42 Å². The fraction of sp³-hybridized carbons (Fsp3) is 0.929. The molecule has 116 valence electrons. The van der Waals surface area contributed by atoms with Crippen LogP contribution in [0.3, 0.4) is 0 Å². The molecule has 6 heteroatoms. The van der Waals surface area contributed by atoms with Crippen molar-refractivity contribution in [1.29, 1.82) is 0 Å². The van der Waals surface area contributed by atoms with Crippen LogP contribution in [0.4, 0.5) is 0 Å². The van der Waals surface area contributed by atoms with Gasteiger partial charge in [0.15, 0.2) is 9.84 Å². The largest absolute Gasteiger partial charge is 0.342 e. The summed E-state index contributed by atoms with van der Waals surface area (Å²) in [6.07, 6.45) is 6.54. The second-order valence-corrected chi connectivity index (χ2v) is 8.35. The Labute approximate surface area is 122 Å². The summed E-state index contributed by atoms with van der Waals surface area (Å²) in [7, 11) is -1.01. The molecule has 0 N–H and O–H groups in total. The third-order valence-electron chi connectivity index (χ3n) is 4.43. The van der Waals surface area contributed by atoms with Gasteiger partial charge in [0.25, 0.3) is 0 Å². The average molecular weight is 302 g/mol. The van der Waals surface area contributed by atoms with Gasteiger partial charge >= 0.3 is 0 Å². The number of carbonyl (C=O) groups excluding carboxylic acids is 1. The van der Waals surface area contributed by atoms with E-state index in [9.17, 15) is 13.2 Å². The summed E-state index contributed by atoms with van der Waals surface area (Å²) in [6.45, 7) is 2.06. The molecule has 1 unspecified atom stereocenters. The van der Waals surface area contributed by atoms with Crippen LogP contribution in [0, 0.1) is 0 Å². The molecular formula is C14H26N2O3S. The monoisotopic (exact) mass is 302 g/mol. The van der Waals surface area contributed by atoms with Gasteiger partial charge in [0.1, 0.15) is 0 Å². The Kier molecular flexibility index (Phi) is 5.43. The Morgan fingerprint density at radius 3 is 2.30 bits per heavy atom. The quantitative estimate of drug-likeness (QED) is 0.777. The van der Waals surface area contributed by atoms with Crippen LogP contribution in [0.5, 0.6) is 0 Å². The van der Waals surface area contributed by atoms with Gasteiger partial charge in [-0.15, -0.1) is 0 Å². The van der Waals surface area contributed by atoms with Crippen LogP contribution in [0.2, 0.25) is 0 Å². The normalized spacial score (nSPS) is 27.3. The molecule has 0 aliphatic carbocycles. The molecule has 1 atom stereocenters. The molecule has 0 aromatic carbocycles. The van der Waals surface area contributed by atoms with E-state index in [-0.39, 0.29) is 23.5 Å². The van der Waals surface area contributed by atoms with Crippen molar-refractivity contribution in [2.45, 2.75) is 44.6 Å². The van der Waals surface area contributed by atoms with E-state index >= 15 is 0 Å². The van der Waals surface area contributed by atoms with Gasteiger partial charge < -0.3 is 4.90 Å². The summed E-state index contributed by atoms with van der Waals surface area (Å²) in [5.41, 5.74) is 0. The fourth-order valence-electron chi connectivity index (χ4n) is 3.06. The Balaban J connectivity index is 1.83. The van der Waals surface area contributed by atoms with Gasteiger partial charge in [-0.2, -0.15) is 0 Å². The first kappa shape index (κ1) is 15.8. The number of rotatable bonds is 3. The molecule has 2 fully saturated rings. The predicted molar refractivity (Wildman–Crippen MR) is 79.4 cm³/mol. The molecule has 1 amide bonds. The van der Waals surface area contributed by atoms with Gasteiger partial charge in [0.05, 0.1) is 18.1 Å². The molecule has 2 aliphatic rings. The second-order valence-electron chi connectivity index (χ2n) is 6.12. The SMILES string of the molecule is CN(CC(=O)N1CCCCCCC1)C1CCS(=O)(=O)C1. The number of sulfone groups is 1. The van der Waals surface area contributed by atoms with E-state index in [1.54, 1.807) is 0 Å². The highest BCUT2D eigenvalue weighted by Gasteiger charge is 2.31. The maximum Gasteiger partial charge on any atom is 0.236 e. The smallest absolute Gasteiger partial charge is 0.236 e. The van der Waals surface area contributed by atoms with Crippen LogP contribution in [0.25, 0.3) is 0 Å². The molecule has 20 heavy (non-hydrogen) atoms. The highest BCUT2D eigenvalue weighted by molar-refractivity contribution is 7.91. The Morgan fingerprint density at radius 2 is 1.75 bits per heavy atom. The fourth-order valence-corrected chi connectivity index (χ4v) is 4.87. The van der Waals surface area contributed by atoms with Crippen LogP contribution in [0.15, 0.2) is 0 Å². The molecular weight excluding hydrogens is 276 g/mol. The lowest BCUT2D eigenvalue weighted by atomic mass is 10.1. The van der Waals surface area contributed by atoms with E-state index in [1.165, 1.54) is 19.3 Å². The van der Waals surface area contributed by atoms with E-state index in [0.29, 0.717) is 13.0 Å². The minimum atomic E-state index is -2.88. The molecule has 0 radical (unpaired) electrons. The Morgan fingerprint density at radius 1 is 1.15 bits per heavy atom. The summed E-state index contributed by atoms with van der Waals surface area (Å²) in [5, 5.41) is 0. The lowest BCUT2D eigenvalue weighted by Gasteiger charge is -2.29. The standard InChI is InChI=1S/C14H26N2O3S/c1-15(13-7-10-20(18,19)12-13)11-14(17)16-8-5-3-2-4-6-9-16/h13H,2-12H2,1H3. The number of amides is 1. The summed E-state index contributed by atoms with van der Waals surface area (Å²) in [5.74, 6) is 0.621. The number of likely N-dealkylation sites (tertiary alicyclic amines) is 1. The number of carbonyl (C=O) groups is 1. The minimum Gasteiger partial charge on any atom is -0.342 e. The van der Waals surface area contributed by atoms with Crippen molar-refractivity contribution in [3.63, 3.8) is 0 Å². The lowest BCUT2D eigenvalue weighted by molar-refractivity contribution is -0.132. The third-order valence-corrected chi connectivity index (χ3v) is 6.18. The maximum absolute atomic E-state index is 12.3. The first-order chi connectivity index (χ1) is 9.48. The van der Waals surface area contributed by atoms with Crippen LogP contribution >= 0.6 is 0 Å². The van der Waals surface area contributed by atoms with Gasteiger partial charge in [0, 0.05) is 19.1 Å². The van der Waals surface area contributed by atoms with Crippen molar-refractivity contribution in [1.82, 2.24) is 9.80 Å². The molecule has 5 nitrogen and oxygen atoms in total. The number of hydrogen-bond donors (Lipinski definition) is 0. The van der Waals surface area contributed by atoms with E-state index in [4.69, 9.17) is 0 Å². The van der Waals surface area contributed by atoms with Crippen molar-refractivity contribution in [3.8, 4) is 0 Å². The molecule has 0 aromatic rings. The van der Waals surface area contributed by atoms with Crippen LogP contribution in [-0.4, -0.2) is 68.4 Å². The molecule has 2 heterocycles. The molecule has 0 aromatic heterocycles. The zero-order valence-electron chi connectivity index (χ0n) is 12.4. The minimum absolute atomic E-state index is 0.0127. The van der Waals surface area contributed by atoms with E-state index < -0.39 is 9.84 Å². The number of nitrogens with zero attached hydrogens (tertiary/aromatic N) is 2. The second kappa shape index (κ2) is 6.89. The van der Waals surface area contributed by atoms with Crippen molar-refractivity contribution in [2.24, 2.45) is 0 Å². The van der Waals surface area contributed by atoms with Crippen LogP contribution in [0.1, 0.15) is 38.5 Å². The van der Waals surface area contributed by atoms with Crippen molar-refractivity contribution < 1.29 is 13.2 Å². The maximum atomic E-state index is 12.3. The Hall–Kier alpha value is -0.620. The topological polar surface area (TPSA) is 57.7 Å². The molecule has 0 spiro atoms. The van der Waals surface area contributed by atoms with Gasteiger partial charge in [-0.3, -0.25) is 9.69 Å². The van der Waals surface area contributed by atoms with Crippen LogP contribution in [-0.2, 0) is 14.6 Å². The molecule has 2 rings (SSSR count). The Bertz CT molecular complexity index is 428. The van der Waals surface area contributed by atoms with E-state index in [0.717, 1.165) is 25.9 Å². The zero-order valence-corrected chi connectivity index (χ0v) is 13.2. The van der Waals surface area contributed by atoms with Gasteiger partial charge in [-0.1, -0.05) is 19.3 Å². The van der Waals surface area contributed by atoms with E-state index in [2.05, 4.69) is 0 Å². The van der Waals surface area contributed by atoms with Crippen molar-refractivity contribution >= 4 is 15.7 Å². The van der Waals surface area contributed by atoms with Crippen LogP contribution < -0.4 is 0 Å². The number of likely N-dealkylation sites (N-methyl/N-ethyl adjacent to an activating group) is 1. The third kappa shape index (κ3) is 4.45. The lowest BCUT2D eigenvalue weighted by Crippen LogP contribution is -2.44. The van der Waals surface area contributed by atoms with Gasteiger partial charge in [0.2, 0.25) is 5.91 Å². The van der Waals surface area contributed by atoms with Crippen molar-refractivity contribution in [2.75, 3.05) is 38.2 Å². The molecule has 2 saturated heterocycles. The highest BCUT2D eigenvalue weighted by Crippen LogP contribution is 2.17. The average Bonchev–Trinajstić information content (AvgIpc) is 2.69.